The molecule has 9 nitrogen and oxygen atoms in total. The molecule has 2 aromatic heterocycles. The van der Waals surface area contributed by atoms with E-state index in [1.165, 1.54) is 13.3 Å². The average molecular weight is 339 g/mol. The minimum absolute atomic E-state index is 0.125. The van der Waals surface area contributed by atoms with Gasteiger partial charge in [0, 0.05) is 24.4 Å². The van der Waals surface area contributed by atoms with Crippen LogP contribution in [0.3, 0.4) is 0 Å². The molecule has 0 saturated carbocycles. The van der Waals surface area contributed by atoms with Gasteiger partial charge in [-0.3, -0.25) is 4.79 Å². The average Bonchev–Trinajstić information content (AvgIpc) is 2.98. The van der Waals surface area contributed by atoms with Gasteiger partial charge in [-0.25, -0.2) is 9.97 Å². The van der Waals surface area contributed by atoms with Gasteiger partial charge in [0.05, 0.1) is 0 Å². The van der Waals surface area contributed by atoms with Crippen molar-refractivity contribution < 1.29 is 9.32 Å². The first-order valence-corrected chi connectivity index (χ1v) is 7.47. The number of hydrogen-bond acceptors (Lipinski definition) is 8. The monoisotopic (exact) mass is 339 g/mol. The van der Waals surface area contributed by atoms with E-state index in [0.717, 1.165) is 5.69 Å². The van der Waals surface area contributed by atoms with E-state index in [1.807, 2.05) is 0 Å². The third kappa shape index (κ3) is 4.02. The smallest absolute Gasteiger partial charge is 0.221 e. The standard InChI is InChI=1S/C16H17N7O2/c1-9-7-13(23-25-9)22-16-14(17)15(18-8-19-16)21-12-5-3-11(4-6-12)20-10(2)24/h3-8H,17H2,1-2H3,(H,20,24)(H2,18,19,21,22,23). The first-order chi connectivity index (χ1) is 12.0. The lowest BCUT2D eigenvalue weighted by molar-refractivity contribution is -0.114. The molecule has 128 valence electrons. The van der Waals surface area contributed by atoms with Crippen molar-refractivity contribution in [2.75, 3.05) is 21.7 Å². The summed E-state index contributed by atoms with van der Waals surface area (Å²) < 4.78 is 5.00. The van der Waals surface area contributed by atoms with Crippen LogP contribution < -0.4 is 21.7 Å². The summed E-state index contributed by atoms with van der Waals surface area (Å²) in [6.45, 7) is 3.25. The Morgan fingerprint density at radius 1 is 1.08 bits per heavy atom. The summed E-state index contributed by atoms with van der Waals surface area (Å²) in [6.07, 6.45) is 1.39. The van der Waals surface area contributed by atoms with Gasteiger partial charge >= 0.3 is 0 Å². The Morgan fingerprint density at radius 2 is 1.72 bits per heavy atom. The lowest BCUT2D eigenvalue weighted by Crippen LogP contribution is -2.06. The number of nitrogen functional groups attached to an aromatic ring is 1. The minimum atomic E-state index is -0.125. The van der Waals surface area contributed by atoms with Gasteiger partial charge in [0.25, 0.3) is 0 Å². The summed E-state index contributed by atoms with van der Waals surface area (Å²) in [7, 11) is 0. The molecule has 3 aromatic rings. The van der Waals surface area contributed by atoms with Crippen molar-refractivity contribution in [2.45, 2.75) is 13.8 Å². The number of anilines is 6. The maximum atomic E-state index is 11.0. The van der Waals surface area contributed by atoms with Crippen LogP contribution in [-0.2, 0) is 4.79 Å². The molecule has 1 amide bonds. The van der Waals surface area contributed by atoms with E-state index in [-0.39, 0.29) is 5.91 Å². The third-order valence-electron chi connectivity index (χ3n) is 3.23. The van der Waals surface area contributed by atoms with Crippen molar-refractivity contribution >= 4 is 40.4 Å². The zero-order valence-electron chi connectivity index (χ0n) is 13.7. The van der Waals surface area contributed by atoms with E-state index in [0.29, 0.717) is 34.6 Å². The highest BCUT2D eigenvalue weighted by molar-refractivity contribution is 5.89. The highest BCUT2D eigenvalue weighted by atomic mass is 16.5. The number of carbonyl (C=O) groups is 1. The van der Waals surface area contributed by atoms with E-state index in [4.69, 9.17) is 10.3 Å². The van der Waals surface area contributed by atoms with Gasteiger partial charge in [0.15, 0.2) is 17.5 Å². The molecule has 25 heavy (non-hydrogen) atoms. The molecular formula is C16H17N7O2. The van der Waals surface area contributed by atoms with Crippen LogP contribution in [0.1, 0.15) is 12.7 Å². The molecule has 0 aliphatic heterocycles. The van der Waals surface area contributed by atoms with E-state index in [2.05, 4.69) is 31.1 Å². The second kappa shape index (κ2) is 6.87. The summed E-state index contributed by atoms with van der Waals surface area (Å²) in [4.78, 5) is 19.3. The van der Waals surface area contributed by atoms with Gasteiger partial charge in [-0.15, -0.1) is 0 Å². The molecule has 0 bridgehead atoms. The summed E-state index contributed by atoms with van der Waals surface area (Å²) in [6, 6.07) is 8.90. The van der Waals surface area contributed by atoms with Gasteiger partial charge in [-0.1, -0.05) is 5.16 Å². The van der Waals surface area contributed by atoms with Crippen molar-refractivity contribution in [1.82, 2.24) is 15.1 Å². The van der Waals surface area contributed by atoms with E-state index >= 15 is 0 Å². The molecule has 3 rings (SSSR count). The molecule has 0 spiro atoms. The van der Waals surface area contributed by atoms with Crippen LogP contribution in [-0.4, -0.2) is 21.0 Å². The van der Waals surface area contributed by atoms with Crippen LogP contribution in [0.5, 0.6) is 0 Å². The molecule has 0 saturated heterocycles. The fourth-order valence-corrected chi connectivity index (χ4v) is 2.12. The molecule has 1 aromatic carbocycles. The van der Waals surface area contributed by atoms with Crippen LogP contribution in [0.2, 0.25) is 0 Å². The van der Waals surface area contributed by atoms with Gasteiger partial charge in [0.2, 0.25) is 5.91 Å². The largest absolute Gasteiger partial charge is 0.393 e. The number of nitrogens with zero attached hydrogens (tertiary/aromatic N) is 3. The topological polar surface area (TPSA) is 131 Å². The molecule has 9 heteroatoms. The van der Waals surface area contributed by atoms with Gasteiger partial charge in [0.1, 0.15) is 17.8 Å². The maximum absolute atomic E-state index is 11.0. The summed E-state index contributed by atoms with van der Waals surface area (Å²) >= 11 is 0. The Morgan fingerprint density at radius 3 is 2.32 bits per heavy atom. The summed E-state index contributed by atoms with van der Waals surface area (Å²) in [5, 5.41) is 12.6. The van der Waals surface area contributed by atoms with Crippen molar-refractivity contribution in [1.29, 1.82) is 0 Å². The molecule has 0 radical (unpaired) electrons. The zero-order chi connectivity index (χ0) is 17.8. The summed E-state index contributed by atoms with van der Waals surface area (Å²) in [5.74, 6) is 1.92. The molecule has 0 aliphatic rings. The van der Waals surface area contributed by atoms with Crippen molar-refractivity contribution in [3.63, 3.8) is 0 Å². The van der Waals surface area contributed by atoms with Crippen LogP contribution in [0.15, 0.2) is 41.2 Å². The van der Waals surface area contributed by atoms with Crippen molar-refractivity contribution in [2.24, 2.45) is 0 Å². The van der Waals surface area contributed by atoms with Gasteiger partial charge in [-0.2, -0.15) is 0 Å². The number of benzene rings is 1. The van der Waals surface area contributed by atoms with Gasteiger partial charge < -0.3 is 26.2 Å². The third-order valence-corrected chi connectivity index (χ3v) is 3.23. The van der Waals surface area contributed by atoms with Crippen molar-refractivity contribution in [3.05, 3.63) is 42.4 Å². The predicted molar refractivity (Wildman–Crippen MR) is 95.0 cm³/mol. The number of amides is 1. The Hall–Kier alpha value is -3.62. The second-order valence-corrected chi connectivity index (χ2v) is 5.32. The number of nitrogens with two attached hydrogens (primary N) is 1. The van der Waals surface area contributed by atoms with E-state index in [9.17, 15) is 4.79 Å². The highest BCUT2D eigenvalue weighted by Crippen LogP contribution is 2.28. The maximum Gasteiger partial charge on any atom is 0.221 e. The molecule has 0 unspecified atom stereocenters. The molecule has 2 heterocycles. The molecule has 5 N–H and O–H groups in total. The first-order valence-electron chi connectivity index (χ1n) is 7.47. The Labute approximate surface area is 143 Å². The fraction of sp³-hybridized carbons (Fsp3) is 0.125. The SMILES string of the molecule is CC(=O)Nc1ccc(Nc2ncnc(Nc3cc(C)on3)c2N)cc1. The Kier molecular flexibility index (Phi) is 4.46. The normalized spacial score (nSPS) is 10.3. The number of aromatic nitrogens is 3. The summed E-state index contributed by atoms with van der Waals surface area (Å²) in [5.41, 5.74) is 7.93. The molecule has 0 fully saturated rings. The Balaban J connectivity index is 1.76. The fourth-order valence-electron chi connectivity index (χ4n) is 2.12. The number of nitrogens with one attached hydrogen (secondary N) is 3. The first kappa shape index (κ1) is 16.2. The van der Waals surface area contributed by atoms with Crippen LogP contribution >= 0.6 is 0 Å². The van der Waals surface area contributed by atoms with E-state index in [1.54, 1.807) is 37.3 Å². The minimum Gasteiger partial charge on any atom is -0.393 e. The lowest BCUT2D eigenvalue weighted by Gasteiger charge is -2.11. The highest BCUT2D eigenvalue weighted by Gasteiger charge is 2.10. The molecule has 0 aliphatic carbocycles. The predicted octanol–water partition coefficient (Wildman–Crippen LogP) is 2.80. The second-order valence-electron chi connectivity index (χ2n) is 5.32. The van der Waals surface area contributed by atoms with Crippen LogP contribution in [0.4, 0.5) is 34.5 Å². The number of hydrogen-bond donors (Lipinski definition) is 4. The zero-order valence-corrected chi connectivity index (χ0v) is 13.7. The Bertz CT molecular complexity index is 890. The molecule has 0 atom stereocenters. The van der Waals surface area contributed by atoms with Crippen LogP contribution in [0.25, 0.3) is 0 Å². The molecular weight excluding hydrogens is 322 g/mol. The quantitative estimate of drug-likeness (QED) is 0.558. The number of rotatable bonds is 5. The van der Waals surface area contributed by atoms with Crippen LogP contribution in [0, 0.1) is 6.92 Å². The van der Waals surface area contributed by atoms with Gasteiger partial charge in [-0.05, 0) is 31.2 Å². The van der Waals surface area contributed by atoms with E-state index < -0.39 is 0 Å². The number of carbonyl (C=O) groups excluding carboxylic acids is 1. The lowest BCUT2D eigenvalue weighted by atomic mass is 10.2. The van der Waals surface area contributed by atoms with Crippen molar-refractivity contribution in [3.8, 4) is 0 Å². The number of aryl methyl sites for hydroxylation is 1.